The summed E-state index contributed by atoms with van der Waals surface area (Å²) in [6.07, 6.45) is 0. The molecule has 0 bridgehead atoms. The summed E-state index contributed by atoms with van der Waals surface area (Å²) in [6.45, 7) is 0.522. The van der Waals surface area contributed by atoms with E-state index in [2.05, 4.69) is 37.9 Å². The molecule has 0 fully saturated rings. The van der Waals surface area contributed by atoms with E-state index in [1.54, 1.807) is 0 Å². The van der Waals surface area contributed by atoms with Crippen LogP contribution in [-0.2, 0) is 6.54 Å². The van der Waals surface area contributed by atoms with Crippen molar-refractivity contribution in [2.24, 2.45) is 5.73 Å². The monoisotopic (exact) mass is 262 g/mol. The fourth-order valence-electron chi connectivity index (χ4n) is 0.631. The Hall–Kier alpha value is 0.140. The lowest BCUT2D eigenvalue weighted by atomic mass is 10.2. The number of benzene rings is 1. The Morgan fingerprint density at radius 3 is 2.70 bits per heavy atom. The minimum atomic E-state index is 0.522. The average Bonchev–Trinajstić information content (AvgIpc) is 1.88. The molecule has 1 rings (SSSR count). The van der Waals surface area contributed by atoms with Crippen LogP contribution in [0.5, 0.6) is 0 Å². The van der Waals surface area contributed by atoms with E-state index in [9.17, 15) is 0 Å². The van der Waals surface area contributed by atoms with E-state index in [-0.39, 0.29) is 0 Å². The van der Waals surface area contributed by atoms with Gasteiger partial charge in [-0.1, -0.05) is 31.9 Å². The average molecular weight is 264 g/mol. The summed E-state index contributed by atoms with van der Waals surface area (Å²) in [4.78, 5) is 0. The van der Waals surface area contributed by atoms with Crippen LogP contribution >= 0.6 is 31.9 Å². The Morgan fingerprint density at radius 1 is 1.50 bits per heavy atom. The lowest BCUT2D eigenvalue weighted by molar-refractivity contribution is 1.06. The van der Waals surface area contributed by atoms with Crippen LogP contribution in [0.2, 0.25) is 0 Å². The van der Waals surface area contributed by atoms with Gasteiger partial charge in [0.25, 0.3) is 0 Å². The number of hydrogen-bond acceptors (Lipinski definition) is 1. The first-order valence-corrected chi connectivity index (χ1v) is 4.38. The third-order valence-corrected chi connectivity index (χ3v) is 2.31. The molecule has 53 valence electrons. The smallest absolute Gasteiger partial charge is 0.0237 e. The van der Waals surface area contributed by atoms with Crippen molar-refractivity contribution in [1.82, 2.24) is 0 Å². The van der Waals surface area contributed by atoms with E-state index in [0.29, 0.717) is 6.54 Å². The van der Waals surface area contributed by atoms with Gasteiger partial charge in [0.15, 0.2) is 0 Å². The largest absolute Gasteiger partial charge is 0.326 e. The minimum absolute atomic E-state index is 0.522. The van der Waals surface area contributed by atoms with Crippen LogP contribution in [0.15, 0.2) is 21.1 Å². The van der Waals surface area contributed by atoms with Crippen molar-refractivity contribution in [2.75, 3.05) is 0 Å². The molecule has 1 nitrogen and oxygen atoms in total. The van der Waals surface area contributed by atoms with E-state index in [0.717, 1.165) is 14.5 Å². The molecule has 0 unspecified atom stereocenters. The van der Waals surface area contributed by atoms with Crippen molar-refractivity contribution >= 4 is 31.9 Å². The van der Waals surface area contributed by atoms with Crippen LogP contribution < -0.4 is 5.73 Å². The number of rotatable bonds is 1. The predicted molar refractivity (Wildman–Crippen MR) is 48.6 cm³/mol. The second kappa shape index (κ2) is 3.51. The van der Waals surface area contributed by atoms with Gasteiger partial charge in [0.1, 0.15) is 0 Å². The predicted octanol–water partition coefficient (Wildman–Crippen LogP) is 2.47. The summed E-state index contributed by atoms with van der Waals surface area (Å²) < 4.78 is 2.01. The van der Waals surface area contributed by atoms with E-state index < -0.39 is 0 Å². The maximum atomic E-state index is 5.42. The number of nitrogens with two attached hydrogens (primary N) is 1. The topological polar surface area (TPSA) is 26.0 Å². The van der Waals surface area contributed by atoms with Gasteiger partial charge in [-0.05, 0) is 23.8 Å². The molecule has 0 atom stereocenters. The second-order valence-electron chi connectivity index (χ2n) is 1.85. The van der Waals surface area contributed by atoms with Crippen LogP contribution in [0, 0.1) is 6.07 Å². The maximum Gasteiger partial charge on any atom is 0.0237 e. The van der Waals surface area contributed by atoms with Gasteiger partial charge < -0.3 is 5.73 Å². The summed E-state index contributed by atoms with van der Waals surface area (Å²) >= 11 is 6.69. The van der Waals surface area contributed by atoms with Crippen molar-refractivity contribution in [2.45, 2.75) is 6.54 Å². The van der Waals surface area contributed by atoms with E-state index in [4.69, 9.17) is 5.73 Å². The lowest BCUT2D eigenvalue weighted by Gasteiger charge is -1.98. The highest BCUT2D eigenvalue weighted by atomic mass is 79.9. The van der Waals surface area contributed by atoms with Crippen molar-refractivity contribution in [1.29, 1.82) is 0 Å². The highest BCUT2D eigenvalue weighted by molar-refractivity contribution is 9.11. The van der Waals surface area contributed by atoms with Crippen LogP contribution in [0.4, 0.5) is 0 Å². The van der Waals surface area contributed by atoms with Crippen LogP contribution in [-0.4, -0.2) is 0 Å². The molecule has 0 saturated carbocycles. The third-order valence-electron chi connectivity index (χ3n) is 1.14. The molecular formula is C7H6Br2N. The Morgan fingerprint density at radius 2 is 2.20 bits per heavy atom. The molecule has 1 radical (unpaired) electrons. The standard InChI is InChI=1S/C7H6Br2N/c8-6-2-1-5(4-10)7(9)3-6/h2-3H,4,10H2. The van der Waals surface area contributed by atoms with Crippen molar-refractivity contribution in [3.63, 3.8) is 0 Å². The molecular weight excluding hydrogens is 258 g/mol. The Kier molecular flexibility index (Phi) is 2.89. The van der Waals surface area contributed by atoms with Gasteiger partial charge in [0.2, 0.25) is 0 Å². The van der Waals surface area contributed by atoms with Crippen LogP contribution in [0.25, 0.3) is 0 Å². The van der Waals surface area contributed by atoms with Gasteiger partial charge in [-0.15, -0.1) is 0 Å². The molecule has 0 heterocycles. The first-order valence-electron chi connectivity index (χ1n) is 2.79. The maximum absolute atomic E-state index is 5.42. The second-order valence-corrected chi connectivity index (χ2v) is 3.62. The van der Waals surface area contributed by atoms with E-state index >= 15 is 0 Å². The Balaban J connectivity index is 3.07. The molecule has 3 heteroatoms. The summed E-state index contributed by atoms with van der Waals surface area (Å²) in [7, 11) is 0. The normalized spacial score (nSPS) is 9.90. The highest BCUT2D eigenvalue weighted by Gasteiger charge is 1.96. The van der Waals surface area contributed by atoms with Gasteiger partial charge in [0, 0.05) is 15.5 Å². The summed E-state index contributed by atoms with van der Waals surface area (Å²) in [5, 5.41) is 0. The molecule has 2 N–H and O–H groups in total. The SMILES string of the molecule is NCc1[c]cc(Br)cc1Br. The first-order chi connectivity index (χ1) is 4.74. The molecule has 0 aromatic heterocycles. The molecule has 0 aliphatic rings. The molecule has 0 aliphatic heterocycles. The van der Waals surface area contributed by atoms with Gasteiger partial charge in [0.05, 0.1) is 0 Å². The number of hydrogen-bond donors (Lipinski definition) is 1. The molecule has 10 heavy (non-hydrogen) atoms. The fourth-order valence-corrected chi connectivity index (χ4v) is 1.80. The Bertz CT molecular complexity index is 235. The van der Waals surface area contributed by atoms with E-state index in [1.807, 2.05) is 12.1 Å². The van der Waals surface area contributed by atoms with Gasteiger partial charge in [-0.2, -0.15) is 0 Å². The van der Waals surface area contributed by atoms with Crippen molar-refractivity contribution < 1.29 is 0 Å². The lowest BCUT2D eigenvalue weighted by Crippen LogP contribution is -1.96. The molecule has 1 aromatic rings. The van der Waals surface area contributed by atoms with Crippen molar-refractivity contribution in [3.8, 4) is 0 Å². The Labute approximate surface area is 76.9 Å². The molecule has 0 aliphatic carbocycles. The third kappa shape index (κ3) is 1.81. The van der Waals surface area contributed by atoms with Crippen molar-refractivity contribution in [3.05, 3.63) is 32.7 Å². The molecule has 1 aromatic carbocycles. The van der Waals surface area contributed by atoms with Crippen LogP contribution in [0.3, 0.4) is 0 Å². The number of halogens is 2. The first kappa shape index (κ1) is 8.24. The summed E-state index contributed by atoms with van der Waals surface area (Å²) in [5.41, 5.74) is 6.43. The van der Waals surface area contributed by atoms with E-state index in [1.165, 1.54) is 0 Å². The van der Waals surface area contributed by atoms with Gasteiger partial charge in [-0.3, -0.25) is 0 Å². The zero-order valence-corrected chi connectivity index (χ0v) is 8.37. The molecule has 0 spiro atoms. The van der Waals surface area contributed by atoms with Crippen LogP contribution in [0.1, 0.15) is 5.56 Å². The summed E-state index contributed by atoms with van der Waals surface area (Å²) in [6, 6.07) is 6.85. The zero-order valence-electron chi connectivity index (χ0n) is 5.20. The fraction of sp³-hybridized carbons (Fsp3) is 0.143. The molecule has 0 saturated heterocycles. The highest BCUT2D eigenvalue weighted by Crippen LogP contribution is 2.20. The molecule has 0 amide bonds. The quantitative estimate of drug-likeness (QED) is 0.828. The zero-order chi connectivity index (χ0) is 7.56. The van der Waals surface area contributed by atoms with Gasteiger partial charge >= 0.3 is 0 Å². The van der Waals surface area contributed by atoms with Gasteiger partial charge in [-0.25, -0.2) is 0 Å². The summed E-state index contributed by atoms with van der Waals surface area (Å²) in [5.74, 6) is 0. The minimum Gasteiger partial charge on any atom is -0.326 e.